The minimum Gasteiger partial charge on any atom is -0.492 e. The van der Waals surface area contributed by atoms with Gasteiger partial charge in [0.15, 0.2) is 5.11 Å². The van der Waals surface area contributed by atoms with Crippen molar-refractivity contribution in [2.75, 3.05) is 11.9 Å². The Bertz CT molecular complexity index is 1120. The van der Waals surface area contributed by atoms with Crippen LogP contribution in [-0.2, 0) is 10.0 Å². The molecular weight excluding hydrogens is 518 g/mol. The maximum Gasteiger partial charge on any atom is 0.285 e. The summed E-state index contributed by atoms with van der Waals surface area (Å²) >= 11 is 8.58. The van der Waals surface area contributed by atoms with E-state index < -0.39 is 21.9 Å². The third kappa shape index (κ3) is 7.77. The molecule has 0 fully saturated rings. The number of sulfonamides is 1. The van der Waals surface area contributed by atoms with E-state index in [0.717, 1.165) is 6.42 Å². The molecule has 0 bridgehead atoms. The van der Waals surface area contributed by atoms with E-state index in [1.165, 1.54) is 24.3 Å². The Morgan fingerprint density at radius 1 is 1.19 bits per heavy atom. The predicted molar refractivity (Wildman–Crippen MR) is 132 cm³/mol. The lowest BCUT2D eigenvalue weighted by molar-refractivity contribution is 0.0977. The number of carbonyl (C=O) groups excluding carboxylic acids is 1. The Hall–Kier alpha value is -2.70. The molecule has 2 rings (SSSR count). The van der Waals surface area contributed by atoms with E-state index in [1.54, 1.807) is 18.2 Å². The van der Waals surface area contributed by atoms with E-state index in [9.17, 15) is 13.2 Å². The Morgan fingerprint density at radius 3 is 2.41 bits per heavy atom. The van der Waals surface area contributed by atoms with Gasteiger partial charge in [-0.3, -0.25) is 10.1 Å². The van der Waals surface area contributed by atoms with Crippen molar-refractivity contribution in [3.63, 3.8) is 0 Å². The van der Waals surface area contributed by atoms with Gasteiger partial charge in [0.05, 0.1) is 16.0 Å². The van der Waals surface area contributed by atoms with E-state index in [1.807, 2.05) is 0 Å². The highest BCUT2D eigenvalue weighted by molar-refractivity contribution is 9.10. The quantitative estimate of drug-likeness (QED) is 0.226. The average molecular weight is 542 g/mol. The summed E-state index contributed by atoms with van der Waals surface area (Å²) < 4.78 is 33.5. The number of halogens is 1. The summed E-state index contributed by atoms with van der Waals surface area (Å²) in [6, 6.07) is 10.5. The van der Waals surface area contributed by atoms with Crippen LogP contribution < -0.4 is 26.8 Å². The van der Waals surface area contributed by atoms with Gasteiger partial charge in [0.1, 0.15) is 5.75 Å². The molecule has 0 radical (unpaired) electrons. The summed E-state index contributed by atoms with van der Waals surface area (Å²) in [5.74, 6) is 0.214. The van der Waals surface area contributed by atoms with Crippen molar-refractivity contribution in [2.24, 2.45) is 21.8 Å². The molecular formula is C20H24BrN5O4S2. The van der Waals surface area contributed by atoms with Crippen molar-refractivity contribution in [3.05, 3.63) is 52.5 Å². The van der Waals surface area contributed by atoms with Crippen LogP contribution in [0.1, 0.15) is 30.6 Å². The molecule has 2 aromatic carbocycles. The highest BCUT2D eigenvalue weighted by atomic mass is 79.9. The van der Waals surface area contributed by atoms with Gasteiger partial charge in [0.25, 0.3) is 15.9 Å². The molecule has 1 amide bonds. The van der Waals surface area contributed by atoms with Crippen LogP contribution in [0.25, 0.3) is 0 Å². The van der Waals surface area contributed by atoms with E-state index in [0.29, 0.717) is 34.0 Å². The molecule has 0 aromatic heterocycles. The molecule has 6 N–H and O–H groups in total. The molecule has 2 aromatic rings. The smallest absolute Gasteiger partial charge is 0.285 e. The van der Waals surface area contributed by atoms with Crippen LogP contribution in [0.3, 0.4) is 0 Å². The van der Waals surface area contributed by atoms with Gasteiger partial charge in [-0.2, -0.15) is 8.42 Å². The molecule has 0 aliphatic carbocycles. The van der Waals surface area contributed by atoms with Gasteiger partial charge in [-0.1, -0.05) is 13.8 Å². The minimum atomic E-state index is -3.98. The Kier molecular flexibility index (Phi) is 8.99. The molecule has 0 saturated heterocycles. The fourth-order valence-electron chi connectivity index (χ4n) is 2.40. The first-order valence-electron chi connectivity index (χ1n) is 9.48. The Labute approximate surface area is 200 Å². The van der Waals surface area contributed by atoms with Crippen LogP contribution in [0.4, 0.5) is 5.69 Å². The van der Waals surface area contributed by atoms with Crippen molar-refractivity contribution in [1.29, 1.82) is 0 Å². The lowest BCUT2D eigenvalue weighted by Gasteiger charge is -2.12. The van der Waals surface area contributed by atoms with Gasteiger partial charge in [-0.15, -0.1) is 4.40 Å². The fourth-order valence-corrected chi connectivity index (χ4v) is 3.97. The summed E-state index contributed by atoms with van der Waals surface area (Å²) in [5.41, 5.74) is 11.1. The third-order valence-corrected chi connectivity index (χ3v) is 6.15. The summed E-state index contributed by atoms with van der Waals surface area (Å²) in [6.07, 6.45) is 0.926. The maximum atomic E-state index is 12.5. The van der Waals surface area contributed by atoms with Crippen molar-refractivity contribution < 1.29 is 17.9 Å². The molecule has 0 unspecified atom stereocenters. The standard InChI is InChI=1S/C20H24BrN5O4S2/c1-12(2)9-10-30-17-8-3-13(11-16(17)21)18(27)25-20(31)24-14-4-6-15(7-5-14)32(28,29)26-19(22)23/h3-8,11-12H,9-10H2,1-2H3,(H4,22,23,26)(H2,24,25,27,31). The lowest BCUT2D eigenvalue weighted by Crippen LogP contribution is -2.34. The van der Waals surface area contributed by atoms with Crippen molar-refractivity contribution in [1.82, 2.24) is 5.32 Å². The number of benzene rings is 2. The molecule has 32 heavy (non-hydrogen) atoms. The number of thiocarbonyl (C=S) groups is 1. The molecule has 0 heterocycles. The minimum absolute atomic E-state index is 0.0446. The van der Waals surface area contributed by atoms with Gasteiger partial charge in [-0.25, -0.2) is 0 Å². The Morgan fingerprint density at radius 2 is 1.84 bits per heavy atom. The highest BCUT2D eigenvalue weighted by Crippen LogP contribution is 2.26. The summed E-state index contributed by atoms with van der Waals surface area (Å²) in [4.78, 5) is 12.4. The maximum absolute atomic E-state index is 12.5. The van der Waals surface area contributed by atoms with E-state index in [2.05, 4.69) is 44.8 Å². The van der Waals surface area contributed by atoms with Crippen molar-refractivity contribution in [2.45, 2.75) is 25.2 Å². The number of carbonyl (C=O) groups is 1. The first-order chi connectivity index (χ1) is 15.0. The number of guanidine groups is 1. The second kappa shape index (κ2) is 11.2. The summed E-state index contributed by atoms with van der Waals surface area (Å²) in [6.45, 7) is 4.82. The molecule has 0 aliphatic heterocycles. The predicted octanol–water partition coefficient (Wildman–Crippen LogP) is 2.96. The zero-order chi connectivity index (χ0) is 23.9. The van der Waals surface area contributed by atoms with E-state index >= 15 is 0 Å². The van der Waals surface area contributed by atoms with E-state index in [4.69, 9.17) is 28.4 Å². The van der Waals surface area contributed by atoms with Gasteiger partial charge in [-0.05, 0) is 83.0 Å². The first-order valence-corrected chi connectivity index (χ1v) is 12.1. The molecule has 12 heteroatoms. The lowest BCUT2D eigenvalue weighted by atomic mass is 10.1. The second-order valence-electron chi connectivity index (χ2n) is 7.10. The monoisotopic (exact) mass is 541 g/mol. The van der Waals surface area contributed by atoms with Gasteiger partial charge in [0.2, 0.25) is 5.96 Å². The fraction of sp³-hybridized carbons (Fsp3) is 0.250. The molecule has 0 saturated carbocycles. The van der Waals surface area contributed by atoms with Crippen LogP contribution in [0.15, 0.2) is 56.2 Å². The number of rotatable bonds is 8. The number of anilines is 1. The third-order valence-electron chi connectivity index (χ3n) is 4.01. The largest absolute Gasteiger partial charge is 0.492 e. The average Bonchev–Trinajstić information content (AvgIpc) is 2.68. The number of hydrogen-bond donors (Lipinski definition) is 4. The number of amides is 1. The van der Waals surface area contributed by atoms with Crippen LogP contribution in [0, 0.1) is 5.92 Å². The number of nitrogens with zero attached hydrogens (tertiary/aromatic N) is 1. The van der Waals surface area contributed by atoms with Gasteiger partial charge in [0, 0.05) is 11.3 Å². The van der Waals surface area contributed by atoms with Crippen LogP contribution in [0.2, 0.25) is 0 Å². The van der Waals surface area contributed by atoms with Crippen LogP contribution in [0.5, 0.6) is 5.75 Å². The first kappa shape index (κ1) is 25.6. The van der Waals surface area contributed by atoms with Gasteiger partial charge < -0.3 is 21.5 Å². The highest BCUT2D eigenvalue weighted by Gasteiger charge is 2.14. The van der Waals surface area contributed by atoms with Crippen molar-refractivity contribution >= 4 is 60.8 Å². The number of nitrogens with one attached hydrogen (secondary N) is 2. The molecule has 172 valence electrons. The second-order valence-corrected chi connectivity index (χ2v) is 9.97. The SMILES string of the molecule is CC(C)CCOc1ccc(C(=O)NC(=S)Nc2ccc(S(=O)(=O)N=C(N)N)cc2)cc1Br. The van der Waals surface area contributed by atoms with Crippen LogP contribution >= 0.6 is 28.1 Å². The normalized spacial score (nSPS) is 11.0. The summed E-state index contributed by atoms with van der Waals surface area (Å²) in [5, 5.41) is 5.42. The zero-order valence-electron chi connectivity index (χ0n) is 17.5. The topological polar surface area (TPSA) is 149 Å². The van der Waals surface area contributed by atoms with Crippen molar-refractivity contribution in [3.8, 4) is 5.75 Å². The van der Waals surface area contributed by atoms with E-state index in [-0.39, 0.29) is 10.0 Å². The van der Waals surface area contributed by atoms with Gasteiger partial charge >= 0.3 is 0 Å². The summed E-state index contributed by atoms with van der Waals surface area (Å²) in [7, 11) is -3.98. The molecule has 0 spiro atoms. The molecule has 0 atom stereocenters. The van der Waals surface area contributed by atoms with Crippen LogP contribution in [-0.4, -0.2) is 32.0 Å². The Balaban J connectivity index is 1.97. The zero-order valence-corrected chi connectivity index (χ0v) is 20.7. The number of hydrogen-bond acceptors (Lipinski definition) is 5. The number of nitrogens with two attached hydrogens (primary N) is 2. The molecule has 9 nitrogen and oxygen atoms in total. The number of ether oxygens (including phenoxy) is 1. The molecule has 0 aliphatic rings.